The normalized spacial score (nSPS) is 16.6. The molecule has 0 spiro atoms. The second-order valence-corrected chi connectivity index (χ2v) is 7.72. The fourth-order valence-electron chi connectivity index (χ4n) is 3.13. The maximum atomic E-state index is 6.02. The molecule has 2 heterocycles. The van der Waals surface area contributed by atoms with Crippen molar-refractivity contribution in [2.45, 2.75) is 26.3 Å². The van der Waals surface area contributed by atoms with Crippen molar-refractivity contribution < 1.29 is 4.74 Å². The first-order valence-electron chi connectivity index (χ1n) is 8.96. The maximum Gasteiger partial charge on any atom is 0.193 e. The Morgan fingerprint density at radius 3 is 2.69 bits per heavy atom. The van der Waals surface area contributed by atoms with Gasteiger partial charge in [0, 0.05) is 24.2 Å². The number of nitrogens with one attached hydrogen (secondary N) is 1. The number of nitrogens with zero attached hydrogens (tertiary/aromatic N) is 3. The van der Waals surface area contributed by atoms with E-state index >= 15 is 0 Å². The van der Waals surface area contributed by atoms with Gasteiger partial charge in [0.2, 0.25) is 0 Å². The summed E-state index contributed by atoms with van der Waals surface area (Å²) < 4.78 is 5.15. The van der Waals surface area contributed by atoms with Gasteiger partial charge in [-0.05, 0) is 63.0 Å². The lowest BCUT2D eigenvalue weighted by atomic mass is 9.97. The van der Waals surface area contributed by atoms with E-state index < -0.39 is 0 Å². The summed E-state index contributed by atoms with van der Waals surface area (Å²) in [6, 6.07) is 7.66. The summed E-state index contributed by atoms with van der Waals surface area (Å²) in [7, 11) is 1.65. The molecule has 0 unspecified atom stereocenters. The number of methoxy groups -OCH3 is 1. The van der Waals surface area contributed by atoms with E-state index in [9.17, 15) is 0 Å². The highest BCUT2D eigenvalue weighted by atomic mass is 32.1. The van der Waals surface area contributed by atoms with E-state index in [2.05, 4.69) is 32.5 Å². The van der Waals surface area contributed by atoms with Crippen LogP contribution in [0.4, 0.5) is 5.69 Å². The van der Waals surface area contributed by atoms with Gasteiger partial charge in [0.25, 0.3) is 0 Å². The number of ether oxygens (including phenoxy) is 1. The number of guanidine groups is 1. The molecule has 1 saturated heterocycles. The topological polar surface area (TPSA) is 75.8 Å². The number of rotatable bonds is 6. The van der Waals surface area contributed by atoms with Crippen LogP contribution >= 0.6 is 11.3 Å². The SMILES string of the molecule is COc1ccc(NC(N)=NCC2CCN(Cc3csc(C)n3)CC2)cc1. The minimum atomic E-state index is 0.468. The zero-order chi connectivity index (χ0) is 18.4. The monoisotopic (exact) mass is 373 g/mol. The highest BCUT2D eigenvalue weighted by Gasteiger charge is 2.19. The first kappa shape index (κ1) is 18.7. The molecular formula is C19H27N5OS. The fourth-order valence-corrected chi connectivity index (χ4v) is 3.73. The minimum absolute atomic E-state index is 0.468. The molecule has 0 saturated carbocycles. The highest BCUT2D eigenvalue weighted by molar-refractivity contribution is 7.09. The zero-order valence-corrected chi connectivity index (χ0v) is 16.3. The van der Waals surface area contributed by atoms with Crippen molar-refractivity contribution in [3.63, 3.8) is 0 Å². The molecule has 1 fully saturated rings. The van der Waals surface area contributed by atoms with Gasteiger partial charge >= 0.3 is 0 Å². The Morgan fingerprint density at radius 1 is 1.35 bits per heavy atom. The first-order chi connectivity index (χ1) is 12.6. The molecule has 26 heavy (non-hydrogen) atoms. The van der Waals surface area contributed by atoms with E-state index in [0.29, 0.717) is 11.9 Å². The number of likely N-dealkylation sites (tertiary alicyclic amines) is 1. The maximum absolute atomic E-state index is 6.02. The van der Waals surface area contributed by atoms with E-state index in [-0.39, 0.29) is 0 Å². The molecule has 3 rings (SSSR count). The van der Waals surface area contributed by atoms with Crippen molar-refractivity contribution in [2.24, 2.45) is 16.6 Å². The van der Waals surface area contributed by atoms with Gasteiger partial charge in [-0.2, -0.15) is 0 Å². The van der Waals surface area contributed by atoms with Crippen LogP contribution in [0.3, 0.4) is 0 Å². The van der Waals surface area contributed by atoms with Gasteiger partial charge in [0.05, 0.1) is 17.8 Å². The van der Waals surface area contributed by atoms with Crippen LogP contribution in [0, 0.1) is 12.8 Å². The summed E-state index contributed by atoms with van der Waals surface area (Å²) in [6.07, 6.45) is 2.31. The number of aliphatic imine (C=N–C) groups is 1. The average molecular weight is 374 g/mol. The second kappa shape index (κ2) is 9.00. The number of hydrogen-bond acceptors (Lipinski definition) is 5. The summed E-state index contributed by atoms with van der Waals surface area (Å²) in [6.45, 7) is 5.99. The lowest BCUT2D eigenvalue weighted by Crippen LogP contribution is -2.34. The third-order valence-corrected chi connectivity index (χ3v) is 5.46. The van der Waals surface area contributed by atoms with Gasteiger partial charge in [-0.25, -0.2) is 4.98 Å². The summed E-state index contributed by atoms with van der Waals surface area (Å²) in [5.74, 6) is 1.89. The van der Waals surface area contributed by atoms with Crippen molar-refractivity contribution in [1.29, 1.82) is 0 Å². The molecule has 7 heteroatoms. The van der Waals surface area contributed by atoms with E-state index in [1.54, 1.807) is 18.4 Å². The number of hydrogen-bond donors (Lipinski definition) is 2. The fraction of sp³-hybridized carbons (Fsp3) is 0.474. The lowest BCUT2D eigenvalue weighted by Gasteiger charge is -2.30. The van der Waals surface area contributed by atoms with Crippen LogP contribution in [0.1, 0.15) is 23.5 Å². The van der Waals surface area contributed by atoms with Crippen molar-refractivity contribution in [2.75, 3.05) is 32.1 Å². The first-order valence-corrected chi connectivity index (χ1v) is 9.84. The number of aromatic nitrogens is 1. The molecular weight excluding hydrogens is 346 g/mol. The molecule has 0 amide bonds. The van der Waals surface area contributed by atoms with Crippen molar-refractivity contribution in [3.05, 3.63) is 40.3 Å². The minimum Gasteiger partial charge on any atom is -0.497 e. The smallest absolute Gasteiger partial charge is 0.193 e. The van der Waals surface area contributed by atoms with Crippen molar-refractivity contribution >= 4 is 23.0 Å². The van der Waals surface area contributed by atoms with Crippen LogP contribution in [0.25, 0.3) is 0 Å². The number of nitrogens with two attached hydrogens (primary N) is 1. The van der Waals surface area contributed by atoms with Crippen LogP contribution in [-0.4, -0.2) is 42.6 Å². The molecule has 0 bridgehead atoms. The van der Waals surface area contributed by atoms with Crippen molar-refractivity contribution in [3.8, 4) is 5.75 Å². The van der Waals surface area contributed by atoms with E-state index in [1.807, 2.05) is 24.3 Å². The van der Waals surface area contributed by atoms with Gasteiger partial charge in [0.1, 0.15) is 5.75 Å². The third-order valence-electron chi connectivity index (χ3n) is 4.64. The molecule has 1 aliphatic rings. The van der Waals surface area contributed by atoms with Gasteiger partial charge in [-0.1, -0.05) is 0 Å². The molecule has 1 aliphatic heterocycles. The van der Waals surface area contributed by atoms with Gasteiger partial charge in [-0.15, -0.1) is 11.3 Å². The quantitative estimate of drug-likeness (QED) is 0.601. The average Bonchev–Trinajstić information content (AvgIpc) is 3.06. The predicted molar refractivity (Wildman–Crippen MR) is 108 cm³/mol. The number of benzene rings is 1. The number of aryl methyl sites for hydroxylation is 1. The number of piperidine rings is 1. The Balaban J connectivity index is 1.41. The van der Waals surface area contributed by atoms with Crippen LogP contribution < -0.4 is 15.8 Å². The second-order valence-electron chi connectivity index (χ2n) is 6.66. The Morgan fingerprint density at radius 2 is 2.08 bits per heavy atom. The van der Waals surface area contributed by atoms with E-state index in [4.69, 9.17) is 10.5 Å². The summed E-state index contributed by atoms with van der Waals surface area (Å²) in [5, 5.41) is 6.44. The van der Waals surface area contributed by atoms with Crippen LogP contribution in [0.2, 0.25) is 0 Å². The van der Waals surface area contributed by atoms with Crippen LogP contribution in [0.5, 0.6) is 5.75 Å². The Labute approximate surface area is 159 Å². The summed E-state index contributed by atoms with van der Waals surface area (Å²) in [5.41, 5.74) is 8.12. The molecule has 3 N–H and O–H groups in total. The third kappa shape index (κ3) is 5.44. The predicted octanol–water partition coefficient (Wildman–Crippen LogP) is 3.10. The summed E-state index contributed by atoms with van der Waals surface area (Å²) >= 11 is 1.72. The Kier molecular flexibility index (Phi) is 6.46. The van der Waals surface area contributed by atoms with E-state index in [0.717, 1.165) is 55.5 Å². The number of anilines is 1. The Hall–Kier alpha value is -2.12. The molecule has 0 radical (unpaired) electrons. The lowest BCUT2D eigenvalue weighted by molar-refractivity contribution is 0.179. The molecule has 6 nitrogen and oxygen atoms in total. The molecule has 0 atom stereocenters. The molecule has 0 aliphatic carbocycles. The van der Waals surface area contributed by atoms with Gasteiger partial charge < -0.3 is 15.8 Å². The highest BCUT2D eigenvalue weighted by Crippen LogP contribution is 2.20. The van der Waals surface area contributed by atoms with Crippen LogP contribution in [0.15, 0.2) is 34.6 Å². The van der Waals surface area contributed by atoms with Gasteiger partial charge in [0.15, 0.2) is 5.96 Å². The largest absolute Gasteiger partial charge is 0.497 e. The van der Waals surface area contributed by atoms with Gasteiger partial charge in [-0.3, -0.25) is 9.89 Å². The standard InChI is InChI=1S/C19H27N5OS/c1-14-22-17(13-26-14)12-24-9-7-15(8-10-24)11-21-19(20)23-16-3-5-18(25-2)6-4-16/h3-6,13,15H,7-12H2,1-2H3,(H3,20,21,23). The number of thiazole rings is 1. The zero-order valence-electron chi connectivity index (χ0n) is 15.4. The van der Waals surface area contributed by atoms with Crippen LogP contribution in [-0.2, 0) is 6.54 Å². The summed E-state index contributed by atoms with van der Waals surface area (Å²) in [4.78, 5) is 11.6. The molecule has 1 aromatic carbocycles. The van der Waals surface area contributed by atoms with Crippen molar-refractivity contribution in [1.82, 2.24) is 9.88 Å². The molecule has 140 valence electrons. The Bertz CT molecular complexity index is 720. The van der Waals surface area contributed by atoms with E-state index in [1.165, 1.54) is 5.69 Å². The molecule has 1 aromatic heterocycles. The molecule has 2 aromatic rings.